The van der Waals surface area contributed by atoms with Crippen LogP contribution in [-0.4, -0.2) is 113 Å². The summed E-state index contributed by atoms with van der Waals surface area (Å²) in [4.78, 5) is 66.9. The molecule has 6 fully saturated rings. The smallest absolute Gasteiger partial charge is 0.270 e. The Morgan fingerprint density at radius 3 is 1.81 bits per heavy atom. The Balaban J connectivity index is 0.869. The monoisotopic (exact) mass is 930 g/mol. The second-order valence-electron chi connectivity index (χ2n) is 20.8. The predicted molar refractivity (Wildman–Crippen MR) is 257 cm³/mol. The van der Waals surface area contributed by atoms with Crippen LogP contribution in [0.25, 0.3) is 0 Å². The SMILES string of the molecule is Cn1nccc1C(=O)N[C@H](C(=O)Nc1ccc(N2CCOCC2)cc1)C(C1CCC1Cn1nccc1C(=O)N[C@H](C(=O)Nc1ccc(N2CCOCC2)nc1)C(C1CCC1)C1(C)CC1)C1(C)CC1. The molecule has 4 aliphatic carbocycles. The summed E-state index contributed by atoms with van der Waals surface area (Å²) >= 11 is 0. The van der Waals surface area contributed by atoms with E-state index in [4.69, 9.17) is 14.6 Å². The molecular weight excluding hydrogens is 863 g/mol. The molecule has 6 aliphatic rings. The van der Waals surface area contributed by atoms with E-state index in [0.29, 0.717) is 61.7 Å². The standard InChI is InChI=1S/C51H67N11O6/c1-50(17-18-50)42(33-5-4-6-33)44(48(65)56-36-10-14-41(52-31-36)61-25-29-68-30-26-61)57-47(64)40-16-22-54-62(40)32-34-7-13-38(34)43(51(2)19-20-51)45(58-46(63)39-15-21-53-59(39)3)49(66)55-35-8-11-37(12-9-35)60-23-27-67-28-24-60/h8-12,14-16,21-22,31,33-34,38,42-45H,4-7,13,17-20,23-30,32H2,1-3H3,(H,55,66)(H,56,65)(H,57,64)(H,58,63)/t34?,38?,42?,43?,44-,45-/m0/s1. The maximum Gasteiger partial charge on any atom is 0.270 e. The number of pyridine rings is 1. The molecule has 3 aromatic heterocycles. The number of hydrogen-bond acceptors (Lipinski definition) is 11. The topological polar surface area (TPSA) is 190 Å². The minimum Gasteiger partial charge on any atom is -0.378 e. The Kier molecular flexibility index (Phi) is 13.0. The number of nitrogens with zero attached hydrogens (tertiary/aromatic N) is 7. The Bertz CT molecular complexity index is 2430. The summed E-state index contributed by atoms with van der Waals surface area (Å²) in [5.74, 6) is -0.0572. The average molecular weight is 930 g/mol. The summed E-state index contributed by atoms with van der Waals surface area (Å²) in [6.07, 6.45) is 13.8. The molecule has 17 heteroatoms. The highest BCUT2D eigenvalue weighted by atomic mass is 16.5. The van der Waals surface area contributed by atoms with E-state index < -0.39 is 12.1 Å². The van der Waals surface area contributed by atoms with Gasteiger partial charge in [0, 0.05) is 63.5 Å². The zero-order chi connectivity index (χ0) is 47.0. The van der Waals surface area contributed by atoms with Gasteiger partial charge in [0.2, 0.25) is 11.8 Å². The van der Waals surface area contributed by atoms with Crippen molar-refractivity contribution in [2.75, 3.05) is 73.0 Å². The number of ether oxygens (including phenoxy) is 2. The van der Waals surface area contributed by atoms with Gasteiger partial charge >= 0.3 is 0 Å². The van der Waals surface area contributed by atoms with Crippen molar-refractivity contribution in [3.05, 3.63) is 78.5 Å². The summed E-state index contributed by atoms with van der Waals surface area (Å²) in [6.45, 7) is 10.8. The molecule has 17 nitrogen and oxygen atoms in total. The lowest BCUT2D eigenvalue weighted by Gasteiger charge is -2.47. The molecule has 0 radical (unpaired) electrons. The summed E-state index contributed by atoms with van der Waals surface area (Å²) in [6, 6.07) is 13.5. The lowest BCUT2D eigenvalue weighted by Crippen LogP contribution is -2.56. The average Bonchev–Trinajstić information content (AvgIpc) is 4.14. The number of amides is 4. The second kappa shape index (κ2) is 19.3. The number of aromatic nitrogens is 5. The molecule has 4 unspecified atom stereocenters. The summed E-state index contributed by atoms with van der Waals surface area (Å²) in [5, 5.41) is 21.7. The van der Waals surface area contributed by atoms with Gasteiger partial charge in [0.25, 0.3) is 11.8 Å². The Morgan fingerprint density at radius 2 is 1.25 bits per heavy atom. The Hall–Kier alpha value is -5.81. The van der Waals surface area contributed by atoms with Crippen LogP contribution in [-0.2, 0) is 32.7 Å². The van der Waals surface area contributed by atoms with Crippen molar-refractivity contribution >= 4 is 46.5 Å². The van der Waals surface area contributed by atoms with Crippen molar-refractivity contribution in [2.24, 2.45) is 47.5 Å². The number of aryl methyl sites for hydroxylation is 1. The van der Waals surface area contributed by atoms with E-state index in [9.17, 15) is 19.2 Å². The van der Waals surface area contributed by atoms with Crippen LogP contribution in [0.1, 0.15) is 92.6 Å². The number of morpholine rings is 2. The van der Waals surface area contributed by atoms with E-state index >= 15 is 0 Å². The molecular formula is C51H67N11O6. The number of rotatable bonds is 18. The minimum absolute atomic E-state index is 0.0134. The molecule has 0 bridgehead atoms. The normalized spacial score (nSPS) is 23.5. The zero-order valence-corrected chi connectivity index (χ0v) is 39.7. The molecule has 2 saturated heterocycles. The molecule has 4 saturated carbocycles. The first kappa shape index (κ1) is 45.9. The van der Waals surface area contributed by atoms with E-state index in [1.54, 1.807) is 42.5 Å². The fraction of sp³-hybridized carbons (Fsp3) is 0.588. The highest BCUT2D eigenvalue weighted by Crippen LogP contribution is 2.60. The number of carbonyl (C=O) groups is 4. The fourth-order valence-corrected chi connectivity index (χ4v) is 11.6. The van der Waals surface area contributed by atoms with Gasteiger partial charge in [0.05, 0.1) is 38.3 Å². The predicted octanol–water partition coefficient (Wildman–Crippen LogP) is 5.52. The number of nitrogens with one attached hydrogen (secondary N) is 4. The van der Waals surface area contributed by atoms with Gasteiger partial charge in [0.15, 0.2) is 0 Å². The van der Waals surface area contributed by atoms with Crippen LogP contribution in [0.5, 0.6) is 0 Å². The summed E-state index contributed by atoms with van der Waals surface area (Å²) in [5.41, 5.74) is 2.87. The van der Waals surface area contributed by atoms with Crippen LogP contribution in [0.3, 0.4) is 0 Å². The lowest BCUT2D eigenvalue weighted by atomic mass is 9.60. The molecule has 1 aromatic carbocycles. The second-order valence-corrected chi connectivity index (χ2v) is 20.8. The largest absolute Gasteiger partial charge is 0.378 e. The van der Waals surface area contributed by atoms with E-state index in [2.05, 4.69) is 55.0 Å². The molecule has 0 spiro atoms. The van der Waals surface area contributed by atoms with Gasteiger partial charge in [-0.25, -0.2) is 4.98 Å². The minimum atomic E-state index is -0.839. The molecule has 4 aromatic rings. The van der Waals surface area contributed by atoms with Crippen LogP contribution < -0.4 is 31.1 Å². The Labute approximate surface area is 398 Å². The van der Waals surface area contributed by atoms with Gasteiger partial charge in [-0.2, -0.15) is 10.2 Å². The first-order chi connectivity index (χ1) is 33.0. The first-order valence-corrected chi connectivity index (χ1v) is 24.9. The number of carbonyl (C=O) groups excluding carboxylic acids is 4. The lowest BCUT2D eigenvalue weighted by molar-refractivity contribution is -0.122. The molecule has 2 aliphatic heterocycles. The molecule has 4 N–H and O–H groups in total. The van der Waals surface area contributed by atoms with Crippen LogP contribution >= 0.6 is 0 Å². The van der Waals surface area contributed by atoms with Gasteiger partial charge in [-0.15, -0.1) is 0 Å². The third kappa shape index (κ3) is 9.73. The van der Waals surface area contributed by atoms with Crippen molar-refractivity contribution < 1.29 is 28.7 Å². The van der Waals surface area contributed by atoms with Crippen LogP contribution in [0.2, 0.25) is 0 Å². The molecule has 362 valence electrons. The molecule has 10 rings (SSSR count). The maximum absolute atomic E-state index is 14.7. The van der Waals surface area contributed by atoms with Crippen molar-refractivity contribution in [3.63, 3.8) is 0 Å². The van der Waals surface area contributed by atoms with Gasteiger partial charge in [-0.1, -0.05) is 33.1 Å². The number of benzene rings is 1. The van der Waals surface area contributed by atoms with E-state index in [0.717, 1.165) is 95.5 Å². The van der Waals surface area contributed by atoms with Crippen LogP contribution in [0.4, 0.5) is 22.9 Å². The highest BCUT2D eigenvalue weighted by Gasteiger charge is 2.57. The van der Waals surface area contributed by atoms with Gasteiger partial charge in [0.1, 0.15) is 29.3 Å². The van der Waals surface area contributed by atoms with E-state index in [1.165, 1.54) is 4.68 Å². The number of hydrogen-bond donors (Lipinski definition) is 4. The molecule has 68 heavy (non-hydrogen) atoms. The fourth-order valence-electron chi connectivity index (χ4n) is 11.6. The molecule has 5 heterocycles. The van der Waals surface area contributed by atoms with E-state index in [-0.39, 0.29) is 58.1 Å². The highest BCUT2D eigenvalue weighted by molar-refractivity contribution is 6.02. The third-order valence-corrected chi connectivity index (χ3v) is 16.4. The summed E-state index contributed by atoms with van der Waals surface area (Å²) < 4.78 is 14.3. The molecule has 6 atom stereocenters. The van der Waals surface area contributed by atoms with Crippen molar-refractivity contribution in [1.82, 2.24) is 35.2 Å². The van der Waals surface area contributed by atoms with Crippen molar-refractivity contribution in [1.29, 1.82) is 0 Å². The molecule has 4 amide bonds. The van der Waals surface area contributed by atoms with Crippen LogP contribution in [0.15, 0.2) is 67.1 Å². The van der Waals surface area contributed by atoms with Crippen molar-refractivity contribution in [2.45, 2.75) is 90.3 Å². The van der Waals surface area contributed by atoms with E-state index in [1.807, 2.05) is 36.4 Å². The quantitative estimate of drug-likeness (QED) is 0.0984. The van der Waals surface area contributed by atoms with Gasteiger partial charge in [-0.3, -0.25) is 28.5 Å². The Morgan fingerprint density at radius 1 is 0.676 bits per heavy atom. The van der Waals surface area contributed by atoms with Gasteiger partial charge in [-0.05, 0) is 127 Å². The summed E-state index contributed by atoms with van der Waals surface area (Å²) in [7, 11) is 1.72. The maximum atomic E-state index is 14.7. The van der Waals surface area contributed by atoms with Gasteiger partial charge < -0.3 is 40.5 Å². The third-order valence-electron chi connectivity index (χ3n) is 16.4. The first-order valence-electron chi connectivity index (χ1n) is 24.9. The van der Waals surface area contributed by atoms with Crippen molar-refractivity contribution in [3.8, 4) is 0 Å². The van der Waals surface area contributed by atoms with Crippen LogP contribution in [0, 0.1) is 40.4 Å². The number of anilines is 4. The zero-order valence-electron chi connectivity index (χ0n) is 39.7.